The van der Waals surface area contributed by atoms with Crippen LogP contribution in [0, 0.1) is 0 Å². The van der Waals surface area contributed by atoms with Gasteiger partial charge in [-0.2, -0.15) is 5.10 Å². The molecule has 0 saturated heterocycles. The molecule has 3 aromatic carbocycles. The third-order valence-electron chi connectivity index (χ3n) is 4.50. The molecule has 0 saturated carbocycles. The van der Waals surface area contributed by atoms with Crippen molar-refractivity contribution in [2.45, 2.75) is 24.7 Å². The van der Waals surface area contributed by atoms with Crippen molar-refractivity contribution in [2.24, 2.45) is 5.10 Å². The quantitative estimate of drug-likeness (QED) is 0.209. The highest BCUT2D eigenvalue weighted by molar-refractivity contribution is 8.00. The number of carbonyl (C=O) groups excluding carboxylic acids is 1. The first-order valence-electron chi connectivity index (χ1n) is 9.94. The average molecular weight is 423 g/mol. The molecule has 0 heterocycles. The summed E-state index contributed by atoms with van der Waals surface area (Å²) in [6, 6.07) is 19.7. The molecule has 30 heavy (non-hydrogen) atoms. The van der Waals surface area contributed by atoms with E-state index in [1.165, 1.54) is 11.8 Å². The highest BCUT2D eigenvalue weighted by atomic mass is 32.2. The van der Waals surface area contributed by atoms with Gasteiger partial charge in [-0.05, 0) is 47.5 Å². The van der Waals surface area contributed by atoms with Gasteiger partial charge in [-0.25, -0.2) is 5.43 Å². The molecule has 0 bridgehead atoms. The van der Waals surface area contributed by atoms with Crippen LogP contribution in [0.25, 0.3) is 10.8 Å². The van der Waals surface area contributed by atoms with Crippen LogP contribution in [-0.4, -0.2) is 31.6 Å². The van der Waals surface area contributed by atoms with Crippen LogP contribution in [0.5, 0.6) is 11.5 Å². The average Bonchev–Trinajstić information content (AvgIpc) is 2.79. The second kappa shape index (κ2) is 11.3. The number of hydrogen-bond donors (Lipinski definition) is 1. The van der Waals surface area contributed by atoms with Crippen LogP contribution < -0.4 is 14.9 Å². The Labute approximate surface area is 181 Å². The lowest BCUT2D eigenvalue weighted by Crippen LogP contribution is -2.19. The summed E-state index contributed by atoms with van der Waals surface area (Å²) in [7, 11) is 1.63. The lowest BCUT2D eigenvalue weighted by Gasteiger charge is -2.11. The summed E-state index contributed by atoms with van der Waals surface area (Å²) in [5.74, 6) is 1.67. The van der Waals surface area contributed by atoms with Crippen LogP contribution in [0.15, 0.2) is 70.7 Å². The van der Waals surface area contributed by atoms with Crippen LogP contribution >= 0.6 is 11.8 Å². The third kappa shape index (κ3) is 6.00. The fraction of sp³-hybridized carbons (Fsp3) is 0.250. The Balaban J connectivity index is 1.64. The Bertz CT molecular complexity index is 1000. The zero-order valence-electron chi connectivity index (χ0n) is 17.3. The summed E-state index contributed by atoms with van der Waals surface area (Å²) in [5, 5.41) is 6.32. The van der Waals surface area contributed by atoms with Crippen LogP contribution in [0.4, 0.5) is 0 Å². The SMILES string of the molecule is CCCCOc1ccc2ccccc2c1/C=N/NC(=O)CSc1ccc(OC)cc1. The van der Waals surface area contributed by atoms with E-state index in [2.05, 4.69) is 17.5 Å². The van der Waals surface area contributed by atoms with Gasteiger partial charge in [0.25, 0.3) is 0 Å². The van der Waals surface area contributed by atoms with Gasteiger partial charge in [0.15, 0.2) is 0 Å². The lowest BCUT2D eigenvalue weighted by molar-refractivity contribution is -0.118. The Morgan fingerprint density at radius 3 is 2.67 bits per heavy atom. The summed E-state index contributed by atoms with van der Waals surface area (Å²) in [4.78, 5) is 13.2. The van der Waals surface area contributed by atoms with Gasteiger partial charge in [0, 0.05) is 10.5 Å². The predicted molar refractivity (Wildman–Crippen MR) is 124 cm³/mol. The van der Waals surface area contributed by atoms with Crippen molar-refractivity contribution >= 4 is 34.7 Å². The van der Waals surface area contributed by atoms with Crippen molar-refractivity contribution in [1.82, 2.24) is 5.43 Å². The lowest BCUT2D eigenvalue weighted by atomic mass is 10.0. The third-order valence-corrected chi connectivity index (χ3v) is 5.51. The highest BCUT2D eigenvalue weighted by Gasteiger charge is 2.08. The number of amides is 1. The zero-order chi connectivity index (χ0) is 21.2. The first kappa shape index (κ1) is 21.7. The standard InChI is InChI=1S/C24H26N2O3S/c1-3-4-15-29-23-14-9-18-7-5-6-8-21(18)22(23)16-25-26-24(27)17-30-20-12-10-19(28-2)11-13-20/h5-14,16H,3-4,15,17H2,1-2H3,(H,26,27)/b25-16+. The second-order valence-corrected chi connectivity index (χ2v) is 7.71. The first-order chi connectivity index (χ1) is 14.7. The number of fused-ring (bicyclic) bond motifs is 1. The van der Waals surface area contributed by atoms with Crippen molar-refractivity contribution in [3.05, 3.63) is 66.2 Å². The summed E-state index contributed by atoms with van der Waals surface area (Å²) in [6.07, 6.45) is 3.72. The van der Waals surface area contributed by atoms with E-state index in [4.69, 9.17) is 9.47 Å². The number of hydrogen-bond acceptors (Lipinski definition) is 5. The van der Waals surface area contributed by atoms with E-state index >= 15 is 0 Å². The Morgan fingerprint density at radius 1 is 1.10 bits per heavy atom. The molecular formula is C24H26N2O3S. The fourth-order valence-electron chi connectivity index (χ4n) is 2.88. The minimum Gasteiger partial charge on any atom is -0.497 e. The molecule has 1 amide bonds. The van der Waals surface area contributed by atoms with Crippen LogP contribution in [0.2, 0.25) is 0 Å². The molecule has 0 fully saturated rings. The van der Waals surface area contributed by atoms with Gasteiger partial charge >= 0.3 is 0 Å². The van der Waals surface area contributed by atoms with Crippen LogP contribution in [0.3, 0.4) is 0 Å². The Hall–Kier alpha value is -2.99. The van der Waals surface area contributed by atoms with E-state index < -0.39 is 0 Å². The maximum atomic E-state index is 12.2. The molecule has 156 valence electrons. The van der Waals surface area contributed by atoms with E-state index in [-0.39, 0.29) is 11.7 Å². The zero-order valence-corrected chi connectivity index (χ0v) is 18.1. The minimum atomic E-state index is -0.166. The maximum Gasteiger partial charge on any atom is 0.250 e. The number of carbonyl (C=O) groups is 1. The second-order valence-electron chi connectivity index (χ2n) is 6.66. The molecular weight excluding hydrogens is 396 g/mol. The number of ether oxygens (including phenoxy) is 2. The topological polar surface area (TPSA) is 59.9 Å². The van der Waals surface area contributed by atoms with Crippen molar-refractivity contribution < 1.29 is 14.3 Å². The van der Waals surface area contributed by atoms with Crippen molar-refractivity contribution in [3.8, 4) is 11.5 Å². The smallest absolute Gasteiger partial charge is 0.250 e. The Morgan fingerprint density at radius 2 is 1.90 bits per heavy atom. The van der Waals surface area contributed by atoms with Gasteiger partial charge in [-0.15, -0.1) is 11.8 Å². The van der Waals surface area contributed by atoms with E-state index in [0.717, 1.165) is 45.6 Å². The van der Waals surface area contributed by atoms with Gasteiger partial charge < -0.3 is 9.47 Å². The Kier molecular flexibility index (Phi) is 8.15. The minimum absolute atomic E-state index is 0.166. The van der Waals surface area contributed by atoms with Crippen LogP contribution in [0.1, 0.15) is 25.3 Å². The van der Waals surface area contributed by atoms with E-state index in [0.29, 0.717) is 6.61 Å². The molecule has 0 aliphatic heterocycles. The summed E-state index contributed by atoms with van der Waals surface area (Å²) in [5.41, 5.74) is 3.48. The monoisotopic (exact) mass is 422 g/mol. The number of unbranched alkanes of at least 4 members (excludes halogenated alkanes) is 1. The number of rotatable bonds is 10. The number of benzene rings is 3. The number of nitrogens with zero attached hydrogens (tertiary/aromatic N) is 1. The first-order valence-corrected chi connectivity index (χ1v) is 10.9. The van der Waals surface area contributed by atoms with Gasteiger partial charge in [0.05, 0.1) is 25.7 Å². The van der Waals surface area contributed by atoms with Gasteiger partial charge in [0.1, 0.15) is 11.5 Å². The van der Waals surface area contributed by atoms with Gasteiger partial charge in [-0.3, -0.25) is 4.79 Å². The molecule has 1 N–H and O–H groups in total. The summed E-state index contributed by atoms with van der Waals surface area (Å²) >= 11 is 1.45. The van der Waals surface area contributed by atoms with Gasteiger partial charge in [0.2, 0.25) is 5.91 Å². The number of hydrazone groups is 1. The van der Waals surface area contributed by atoms with Gasteiger partial charge in [-0.1, -0.05) is 43.7 Å². The predicted octanol–water partition coefficient (Wildman–Crippen LogP) is 5.27. The molecule has 3 aromatic rings. The van der Waals surface area contributed by atoms with E-state index in [1.807, 2.05) is 60.7 Å². The molecule has 0 radical (unpaired) electrons. The molecule has 6 heteroatoms. The summed E-state index contributed by atoms with van der Waals surface area (Å²) < 4.78 is 11.1. The molecule has 0 atom stereocenters. The molecule has 0 aromatic heterocycles. The summed E-state index contributed by atoms with van der Waals surface area (Å²) in [6.45, 7) is 2.78. The maximum absolute atomic E-state index is 12.2. The highest BCUT2D eigenvalue weighted by Crippen LogP contribution is 2.27. The number of methoxy groups -OCH3 is 1. The molecule has 0 aliphatic carbocycles. The van der Waals surface area contributed by atoms with Crippen LogP contribution in [-0.2, 0) is 4.79 Å². The van der Waals surface area contributed by atoms with Crippen molar-refractivity contribution in [1.29, 1.82) is 0 Å². The molecule has 5 nitrogen and oxygen atoms in total. The molecule has 0 unspecified atom stereocenters. The van der Waals surface area contributed by atoms with Crippen molar-refractivity contribution in [3.63, 3.8) is 0 Å². The van der Waals surface area contributed by atoms with E-state index in [9.17, 15) is 4.79 Å². The largest absolute Gasteiger partial charge is 0.497 e. The normalized spacial score (nSPS) is 11.0. The van der Waals surface area contributed by atoms with E-state index in [1.54, 1.807) is 13.3 Å². The molecule has 3 rings (SSSR count). The van der Waals surface area contributed by atoms with Crippen molar-refractivity contribution in [2.75, 3.05) is 19.5 Å². The molecule has 0 aliphatic rings. The number of nitrogens with one attached hydrogen (secondary N) is 1. The molecule has 0 spiro atoms. The fourth-order valence-corrected chi connectivity index (χ4v) is 3.57. The number of thioether (sulfide) groups is 1.